The third-order valence-electron chi connectivity index (χ3n) is 3.15. The predicted molar refractivity (Wildman–Crippen MR) is 72.7 cm³/mol. The van der Waals surface area contributed by atoms with Crippen molar-refractivity contribution in [2.45, 2.75) is 38.9 Å². The average Bonchev–Trinajstić information content (AvgIpc) is 2.54. The Morgan fingerprint density at radius 1 is 1.25 bits per heavy atom. The van der Waals surface area contributed by atoms with Gasteiger partial charge in [0.1, 0.15) is 4.34 Å². The van der Waals surface area contributed by atoms with Crippen LogP contribution >= 0.6 is 38.9 Å². The van der Waals surface area contributed by atoms with E-state index in [0.717, 1.165) is 13.6 Å². The van der Waals surface area contributed by atoms with E-state index in [1.54, 1.807) is 0 Å². The summed E-state index contributed by atoms with van der Waals surface area (Å²) in [6.45, 7) is 8.16. The van der Waals surface area contributed by atoms with Gasteiger partial charge in [0.15, 0.2) is 0 Å². The highest BCUT2D eigenvalue weighted by molar-refractivity contribution is 9.10. The molecule has 2 heterocycles. The number of halogens is 2. The molecule has 0 aromatic carbocycles. The minimum Gasteiger partial charge on any atom is -0.399 e. The molecule has 0 bridgehead atoms. The molecule has 2 nitrogen and oxygen atoms in total. The summed E-state index contributed by atoms with van der Waals surface area (Å²) in [7, 11) is -0.321. The second kappa shape index (κ2) is 3.99. The van der Waals surface area contributed by atoms with Crippen LogP contribution in [0.4, 0.5) is 0 Å². The van der Waals surface area contributed by atoms with Gasteiger partial charge in [-0.05, 0) is 49.7 Å². The lowest BCUT2D eigenvalue weighted by atomic mass is 9.88. The van der Waals surface area contributed by atoms with Crippen LogP contribution < -0.4 is 4.78 Å². The molecule has 1 saturated heterocycles. The number of hydrogen-bond donors (Lipinski definition) is 0. The van der Waals surface area contributed by atoms with Crippen molar-refractivity contribution in [3.8, 4) is 0 Å². The van der Waals surface area contributed by atoms with Crippen molar-refractivity contribution in [1.82, 2.24) is 0 Å². The van der Waals surface area contributed by atoms with Crippen molar-refractivity contribution in [2.24, 2.45) is 0 Å². The molecule has 1 fully saturated rings. The van der Waals surface area contributed by atoms with Gasteiger partial charge in [0.25, 0.3) is 0 Å². The summed E-state index contributed by atoms with van der Waals surface area (Å²) in [5.74, 6) is 0. The van der Waals surface area contributed by atoms with Crippen LogP contribution in [0.2, 0.25) is 4.34 Å². The molecule has 1 aromatic rings. The summed E-state index contributed by atoms with van der Waals surface area (Å²) in [5, 5.41) is 0. The molecule has 0 spiro atoms. The van der Waals surface area contributed by atoms with Gasteiger partial charge in [-0.3, -0.25) is 0 Å². The summed E-state index contributed by atoms with van der Waals surface area (Å²) in [4.78, 5) is 0. The highest BCUT2D eigenvalue weighted by atomic mass is 79.9. The third-order valence-corrected chi connectivity index (χ3v) is 5.65. The molecule has 0 atom stereocenters. The number of rotatable bonds is 1. The molecule has 0 unspecified atom stereocenters. The Morgan fingerprint density at radius 3 is 2.12 bits per heavy atom. The highest BCUT2D eigenvalue weighted by Gasteiger charge is 2.52. The van der Waals surface area contributed by atoms with Crippen LogP contribution in [0.5, 0.6) is 0 Å². The van der Waals surface area contributed by atoms with E-state index >= 15 is 0 Å². The minimum absolute atomic E-state index is 0.305. The molecule has 1 aliphatic rings. The second-order valence-corrected chi connectivity index (χ2v) is 7.40. The van der Waals surface area contributed by atoms with Crippen molar-refractivity contribution in [1.29, 1.82) is 0 Å². The first kappa shape index (κ1) is 12.9. The predicted octanol–water partition coefficient (Wildman–Crippen LogP) is 3.46. The van der Waals surface area contributed by atoms with Gasteiger partial charge in [-0.25, -0.2) is 0 Å². The normalized spacial score (nSPS) is 22.8. The quantitative estimate of drug-likeness (QED) is 0.737. The highest BCUT2D eigenvalue weighted by Crippen LogP contribution is 2.38. The Labute approximate surface area is 114 Å². The summed E-state index contributed by atoms with van der Waals surface area (Å²) in [6, 6.07) is 1.95. The maximum absolute atomic E-state index is 6.01. The average molecular weight is 323 g/mol. The van der Waals surface area contributed by atoms with Crippen LogP contribution in [0.15, 0.2) is 10.5 Å². The molecular weight excluding hydrogens is 310 g/mol. The van der Waals surface area contributed by atoms with Crippen molar-refractivity contribution in [3.05, 3.63) is 14.9 Å². The Balaban J connectivity index is 2.27. The monoisotopic (exact) mass is 322 g/mol. The fourth-order valence-electron chi connectivity index (χ4n) is 1.44. The SMILES string of the molecule is CC1(C)OB(c2cc(Br)c(Cl)s2)OC1(C)C. The van der Waals surface area contributed by atoms with E-state index in [0.29, 0.717) is 0 Å². The lowest BCUT2D eigenvalue weighted by molar-refractivity contribution is 0.00578. The van der Waals surface area contributed by atoms with E-state index in [4.69, 9.17) is 20.9 Å². The summed E-state index contributed by atoms with van der Waals surface area (Å²) >= 11 is 10.9. The Bertz CT molecular complexity index is 383. The first-order valence-corrected chi connectivity index (χ1v) is 7.02. The maximum atomic E-state index is 6.01. The molecule has 0 radical (unpaired) electrons. The zero-order valence-electron chi connectivity index (χ0n) is 9.64. The summed E-state index contributed by atoms with van der Waals surface area (Å²) < 4.78 is 14.5. The van der Waals surface area contributed by atoms with Crippen LogP contribution in [0.25, 0.3) is 0 Å². The number of thiophene rings is 1. The molecule has 1 aliphatic heterocycles. The van der Waals surface area contributed by atoms with E-state index < -0.39 is 0 Å². The van der Waals surface area contributed by atoms with Gasteiger partial charge in [-0.15, -0.1) is 11.3 Å². The molecule has 1 aromatic heterocycles. The molecule has 0 N–H and O–H groups in total. The van der Waals surface area contributed by atoms with Gasteiger partial charge in [0, 0.05) is 9.25 Å². The summed E-state index contributed by atoms with van der Waals surface area (Å²) in [5.41, 5.74) is -0.610. The minimum atomic E-state index is -0.321. The first-order valence-electron chi connectivity index (χ1n) is 5.03. The fourth-order valence-corrected chi connectivity index (χ4v) is 3.13. The topological polar surface area (TPSA) is 18.5 Å². The molecule has 0 amide bonds. The Hall–Kier alpha value is 0.455. The number of hydrogen-bond acceptors (Lipinski definition) is 3. The van der Waals surface area contributed by atoms with Gasteiger partial charge in [-0.1, -0.05) is 11.6 Å². The molecular formula is C10H13BBrClO2S. The maximum Gasteiger partial charge on any atom is 0.505 e. The van der Waals surface area contributed by atoms with Crippen LogP contribution in [-0.2, 0) is 9.31 Å². The van der Waals surface area contributed by atoms with Gasteiger partial charge in [-0.2, -0.15) is 0 Å². The van der Waals surface area contributed by atoms with E-state index in [1.165, 1.54) is 11.3 Å². The van der Waals surface area contributed by atoms with Gasteiger partial charge >= 0.3 is 7.12 Å². The smallest absolute Gasteiger partial charge is 0.399 e. The summed E-state index contributed by atoms with van der Waals surface area (Å²) in [6.07, 6.45) is 0. The molecule has 2 rings (SSSR count). The van der Waals surface area contributed by atoms with Gasteiger partial charge in [0.05, 0.1) is 11.2 Å². The van der Waals surface area contributed by atoms with Crippen molar-refractivity contribution in [2.75, 3.05) is 0 Å². The van der Waals surface area contributed by atoms with Crippen LogP contribution in [0.1, 0.15) is 27.7 Å². The largest absolute Gasteiger partial charge is 0.505 e. The van der Waals surface area contributed by atoms with E-state index in [2.05, 4.69) is 15.9 Å². The standard InChI is InChI=1S/C10H13BBrClO2S/c1-9(2)10(3,4)15-11(14-9)7-5-6(12)8(13)16-7/h5H,1-4H3. The van der Waals surface area contributed by atoms with Crippen LogP contribution in [0.3, 0.4) is 0 Å². The molecule has 0 aliphatic carbocycles. The molecule has 6 heteroatoms. The zero-order chi connectivity index (χ0) is 12.1. The molecule has 88 valence electrons. The third kappa shape index (κ3) is 2.08. The van der Waals surface area contributed by atoms with Crippen molar-refractivity contribution in [3.63, 3.8) is 0 Å². The van der Waals surface area contributed by atoms with Crippen molar-refractivity contribution >= 4 is 50.8 Å². The Kier molecular flexibility index (Phi) is 3.22. The van der Waals surface area contributed by atoms with E-state index in [9.17, 15) is 0 Å². The Morgan fingerprint density at radius 2 is 1.75 bits per heavy atom. The molecule has 16 heavy (non-hydrogen) atoms. The van der Waals surface area contributed by atoms with Crippen molar-refractivity contribution < 1.29 is 9.31 Å². The molecule has 0 saturated carbocycles. The van der Waals surface area contributed by atoms with Gasteiger partial charge in [0.2, 0.25) is 0 Å². The van der Waals surface area contributed by atoms with E-state index in [-0.39, 0.29) is 18.3 Å². The zero-order valence-corrected chi connectivity index (χ0v) is 12.8. The van der Waals surface area contributed by atoms with Gasteiger partial charge < -0.3 is 9.31 Å². The second-order valence-electron chi connectivity index (χ2n) is 4.86. The van der Waals surface area contributed by atoms with E-state index in [1.807, 2.05) is 33.8 Å². The van der Waals surface area contributed by atoms with Crippen LogP contribution in [0, 0.1) is 0 Å². The lowest BCUT2D eigenvalue weighted by Gasteiger charge is -2.32. The first-order chi connectivity index (χ1) is 7.23. The van der Waals surface area contributed by atoms with Crippen LogP contribution in [-0.4, -0.2) is 18.3 Å². The lowest BCUT2D eigenvalue weighted by Crippen LogP contribution is -2.41. The fraction of sp³-hybridized carbons (Fsp3) is 0.600.